The van der Waals surface area contributed by atoms with E-state index in [-0.39, 0.29) is 37.2 Å². The van der Waals surface area contributed by atoms with Gasteiger partial charge in [0.2, 0.25) is 0 Å². The van der Waals surface area contributed by atoms with Gasteiger partial charge >= 0.3 is 0 Å². The summed E-state index contributed by atoms with van der Waals surface area (Å²) in [4.78, 5) is 0. The first-order valence-electron chi connectivity index (χ1n) is 13.2. The molecule has 0 spiro atoms. The lowest BCUT2D eigenvalue weighted by Crippen LogP contribution is -1.81. The van der Waals surface area contributed by atoms with Gasteiger partial charge in [0.25, 0.3) is 0 Å². The zero-order valence-corrected chi connectivity index (χ0v) is 26.1. The molecule has 0 heterocycles. The van der Waals surface area contributed by atoms with Gasteiger partial charge in [-0.05, 0) is 0 Å². The molecule has 0 aromatic rings. The molecule has 0 fully saturated rings. The number of hydrogen-bond donors (Lipinski definition) is 0. The van der Waals surface area contributed by atoms with E-state index in [9.17, 15) is 0 Å². The van der Waals surface area contributed by atoms with Crippen molar-refractivity contribution in [3.8, 4) is 0 Å². The van der Waals surface area contributed by atoms with Crippen LogP contribution in [0.3, 0.4) is 0 Å². The number of rotatable bonds is 22. The Bertz CT molecular complexity index is 197. The van der Waals surface area contributed by atoms with Gasteiger partial charge in [-0.15, -0.1) is 47.8 Å². The Labute approximate surface area is 234 Å². The van der Waals surface area contributed by atoms with E-state index in [2.05, 4.69) is 46.4 Å². The van der Waals surface area contributed by atoms with E-state index in [4.69, 9.17) is 0 Å². The van der Waals surface area contributed by atoms with Gasteiger partial charge in [0, 0.05) is 0 Å². The summed E-state index contributed by atoms with van der Waals surface area (Å²) >= 11 is 5.62. The first-order valence-corrected chi connectivity index (χ1v) is 14.9. The first kappa shape index (κ1) is 43.0. The van der Waals surface area contributed by atoms with E-state index in [1.165, 1.54) is 152 Å². The maximum Gasteiger partial charge on any atom is 0.118 e. The molecule has 31 heavy (non-hydrogen) atoms. The smallest absolute Gasteiger partial charge is 0.118 e. The molecule has 0 saturated heterocycles. The van der Waals surface area contributed by atoms with Crippen molar-refractivity contribution in [1.82, 2.24) is 0 Å². The second kappa shape index (κ2) is 45.4. The van der Waals surface area contributed by atoms with Gasteiger partial charge in [-0.25, -0.2) is 0 Å². The van der Waals surface area contributed by atoms with Crippen molar-refractivity contribution in [2.75, 3.05) is 0 Å². The van der Waals surface area contributed by atoms with Gasteiger partial charge in [0.15, 0.2) is 0 Å². The van der Waals surface area contributed by atoms with Crippen LogP contribution in [0.15, 0.2) is 0 Å². The van der Waals surface area contributed by atoms with Crippen LogP contribution < -0.4 is 0 Å². The Kier molecular flexibility index (Phi) is 63.1. The van der Waals surface area contributed by atoms with E-state index in [1.54, 1.807) is 0 Å². The summed E-state index contributed by atoms with van der Waals surface area (Å²) in [5.41, 5.74) is 0. The zero-order chi connectivity index (χ0) is 21.0. The molecule has 188 valence electrons. The maximum atomic E-state index is 2.81. The van der Waals surface area contributed by atoms with Crippen molar-refractivity contribution in [2.24, 2.45) is 0 Å². The quantitative estimate of drug-likeness (QED) is 0.0966. The van der Waals surface area contributed by atoms with Gasteiger partial charge in [-0.2, -0.15) is 0 Å². The second-order valence-electron chi connectivity index (χ2n) is 8.65. The molecular weight excluding hydrogens is 473 g/mol. The highest BCUT2D eigenvalue weighted by Crippen LogP contribution is 2.12. The topological polar surface area (TPSA) is 0 Å². The zero-order valence-electron chi connectivity index (χ0n) is 21.4. The molecule has 4 radical (unpaired) electrons. The Hall–Kier alpha value is 1.93. The molecule has 0 N–H and O–H groups in total. The van der Waals surface area contributed by atoms with Crippen molar-refractivity contribution in [3.63, 3.8) is 0 Å². The molecule has 0 nitrogen and oxygen atoms in total. The van der Waals surface area contributed by atoms with Gasteiger partial charge in [0.1, 0.15) is 32.6 Å². The molecule has 0 aliphatic carbocycles. The predicted octanol–water partition coefficient (Wildman–Crippen LogP) is 11.0. The van der Waals surface area contributed by atoms with Gasteiger partial charge < -0.3 is 0 Å². The Morgan fingerprint density at radius 2 is 0.452 bits per heavy atom. The molecule has 0 aromatic carbocycles. The summed E-state index contributed by atoms with van der Waals surface area (Å²) < 4.78 is 0. The SMILES string of the molecule is CCCCCCCCCCCC[CH2][Al].CCCCCCCCCCCC[CH2][Al].Cl.Cl.Cl. The Morgan fingerprint density at radius 3 is 0.613 bits per heavy atom. The Morgan fingerprint density at radius 1 is 0.290 bits per heavy atom. The van der Waals surface area contributed by atoms with Crippen molar-refractivity contribution >= 4 is 69.8 Å². The molecule has 0 bridgehead atoms. The van der Waals surface area contributed by atoms with Crippen LogP contribution >= 0.6 is 37.2 Å². The lowest BCUT2D eigenvalue weighted by atomic mass is 10.1. The molecular formula is C26H57Al2Cl3. The van der Waals surface area contributed by atoms with Crippen molar-refractivity contribution in [3.05, 3.63) is 0 Å². The van der Waals surface area contributed by atoms with Crippen LogP contribution in [-0.2, 0) is 0 Å². The summed E-state index contributed by atoms with van der Waals surface area (Å²) in [5.74, 6) is 0. The van der Waals surface area contributed by atoms with Crippen LogP contribution in [-0.4, -0.2) is 32.6 Å². The largest absolute Gasteiger partial charge is 0.147 e. The number of unbranched alkanes of at least 4 members (excludes halogenated alkanes) is 20. The standard InChI is InChI=1S/2C13H27.2Al.3ClH/c2*1-3-5-7-9-11-13-12-10-8-6-4-2;;;;;/h2*1,3-13H2,2H3;;;3*1H. The number of halogens is 3. The molecule has 0 aliphatic rings. The van der Waals surface area contributed by atoms with Crippen molar-refractivity contribution in [2.45, 2.75) is 166 Å². The summed E-state index contributed by atoms with van der Waals surface area (Å²) in [5, 5.41) is 2.58. The predicted molar refractivity (Wildman–Crippen MR) is 156 cm³/mol. The molecule has 0 amide bonds. The molecule has 0 unspecified atom stereocenters. The van der Waals surface area contributed by atoms with Crippen LogP contribution in [0, 0.1) is 0 Å². The fourth-order valence-electron chi connectivity index (χ4n) is 3.62. The minimum atomic E-state index is 0. The highest BCUT2D eigenvalue weighted by molar-refractivity contribution is 6.08. The van der Waals surface area contributed by atoms with Crippen LogP contribution in [0.5, 0.6) is 0 Å². The molecule has 0 aliphatic heterocycles. The third kappa shape index (κ3) is 50.0. The molecule has 5 heteroatoms. The first-order chi connectivity index (χ1) is 13.8. The summed E-state index contributed by atoms with van der Waals surface area (Å²) in [6.07, 6.45) is 31.9. The molecule has 0 atom stereocenters. The lowest BCUT2D eigenvalue weighted by Gasteiger charge is -2.01. The molecule has 0 saturated carbocycles. The summed E-state index contributed by atoms with van der Waals surface area (Å²) in [6.45, 7) is 4.57. The van der Waals surface area contributed by atoms with E-state index < -0.39 is 0 Å². The van der Waals surface area contributed by atoms with E-state index in [0.717, 1.165) is 0 Å². The minimum absolute atomic E-state index is 0. The lowest BCUT2D eigenvalue weighted by molar-refractivity contribution is 0.554. The second-order valence-corrected chi connectivity index (χ2v) is 9.80. The summed E-state index contributed by atoms with van der Waals surface area (Å²) in [6, 6.07) is 0. The van der Waals surface area contributed by atoms with E-state index in [0.29, 0.717) is 0 Å². The van der Waals surface area contributed by atoms with Crippen molar-refractivity contribution in [1.29, 1.82) is 0 Å². The molecule has 0 rings (SSSR count). The minimum Gasteiger partial charge on any atom is -0.147 e. The van der Waals surface area contributed by atoms with Crippen LogP contribution in [0.25, 0.3) is 0 Å². The fraction of sp³-hybridized carbons (Fsp3) is 1.00. The molecule has 0 aromatic heterocycles. The normalized spacial score (nSPS) is 9.61. The maximum absolute atomic E-state index is 2.81. The van der Waals surface area contributed by atoms with Gasteiger partial charge in [0.05, 0.1) is 0 Å². The highest BCUT2D eigenvalue weighted by Gasteiger charge is 1.92. The third-order valence-corrected chi connectivity index (χ3v) is 6.43. The fourth-order valence-corrected chi connectivity index (χ4v) is 4.19. The van der Waals surface area contributed by atoms with Gasteiger partial charge in [-0.3, -0.25) is 0 Å². The monoisotopic (exact) mass is 528 g/mol. The van der Waals surface area contributed by atoms with E-state index in [1.807, 2.05) is 0 Å². The number of hydrogen-bond acceptors (Lipinski definition) is 0. The summed E-state index contributed by atoms with van der Waals surface area (Å²) in [7, 11) is 0. The Balaban J connectivity index is -0.000000133. The van der Waals surface area contributed by atoms with Crippen LogP contribution in [0.2, 0.25) is 10.6 Å². The van der Waals surface area contributed by atoms with Crippen molar-refractivity contribution < 1.29 is 0 Å². The van der Waals surface area contributed by atoms with Crippen LogP contribution in [0.1, 0.15) is 155 Å². The van der Waals surface area contributed by atoms with E-state index >= 15 is 0 Å². The van der Waals surface area contributed by atoms with Crippen LogP contribution in [0.4, 0.5) is 0 Å². The third-order valence-electron chi connectivity index (χ3n) is 5.62. The van der Waals surface area contributed by atoms with Gasteiger partial charge in [-0.1, -0.05) is 155 Å². The average Bonchev–Trinajstić information content (AvgIpc) is 2.71. The average molecular weight is 530 g/mol. The highest BCUT2D eigenvalue weighted by atomic mass is 35.5.